The van der Waals surface area contributed by atoms with E-state index in [0.29, 0.717) is 12.1 Å². The van der Waals surface area contributed by atoms with E-state index in [0.717, 1.165) is 17.6 Å². The summed E-state index contributed by atoms with van der Waals surface area (Å²) in [6, 6.07) is 7.58. The highest BCUT2D eigenvalue weighted by Crippen LogP contribution is 2.31. The van der Waals surface area contributed by atoms with Gasteiger partial charge >= 0.3 is 0 Å². The van der Waals surface area contributed by atoms with Crippen molar-refractivity contribution in [1.82, 2.24) is 5.32 Å². The Labute approximate surface area is 126 Å². The Hall–Kier alpha value is -0.0600. The first-order valence-electron chi connectivity index (χ1n) is 6.57. The van der Waals surface area contributed by atoms with Crippen molar-refractivity contribution in [1.29, 1.82) is 0 Å². The summed E-state index contributed by atoms with van der Waals surface area (Å²) in [7, 11) is 0. The summed E-state index contributed by atoms with van der Waals surface area (Å²) in [6.45, 7) is 6.69. The van der Waals surface area contributed by atoms with Gasteiger partial charge in [0, 0.05) is 34.1 Å². The number of anilines is 1. The van der Waals surface area contributed by atoms with Gasteiger partial charge in [0.1, 0.15) is 0 Å². The molecule has 2 atom stereocenters. The van der Waals surface area contributed by atoms with Gasteiger partial charge in [0.2, 0.25) is 0 Å². The van der Waals surface area contributed by atoms with Crippen molar-refractivity contribution in [2.45, 2.75) is 38.8 Å². The molecule has 1 N–H and O–H groups in total. The number of halogens is 2. The maximum atomic E-state index is 3.68. The van der Waals surface area contributed by atoms with Crippen molar-refractivity contribution in [2.75, 3.05) is 18.0 Å². The molecule has 1 aromatic rings. The van der Waals surface area contributed by atoms with Gasteiger partial charge in [-0.15, -0.1) is 0 Å². The summed E-state index contributed by atoms with van der Waals surface area (Å²) in [5, 5.41) is 3.63. The first-order valence-corrected chi connectivity index (χ1v) is 8.15. The standard InChI is InChI=1S/C14H20Br2N2/c1-3-4-12-9-18(10(2)8-17-12)14-6-5-11(15)7-13(14)16/h5-7,10,12,17H,3-4,8-9H2,1-2H3. The second kappa shape index (κ2) is 6.40. The van der Waals surface area contributed by atoms with Crippen LogP contribution < -0.4 is 10.2 Å². The van der Waals surface area contributed by atoms with Crippen LogP contribution >= 0.6 is 31.9 Å². The molecule has 4 heteroatoms. The normalized spacial score (nSPS) is 24.3. The minimum atomic E-state index is 0.538. The van der Waals surface area contributed by atoms with Crippen LogP contribution in [0.2, 0.25) is 0 Å². The molecule has 1 aliphatic heterocycles. The molecular weight excluding hydrogens is 356 g/mol. The Kier molecular flexibility index (Phi) is 5.10. The van der Waals surface area contributed by atoms with Crippen molar-refractivity contribution in [3.05, 3.63) is 27.1 Å². The summed E-state index contributed by atoms with van der Waals surface area (Å²) in [5.74, 6) is 0. The van der Waals surface area contributed by atoms with Crippen LogP contribution in [0, 0.1) is 0 Å². The van der Waals surface area contributed by atoms with E-state index < -0.39 is 0 Å². The van der Waals surface area contributed by atoms with Crippen LogP contribution in [0.4, 0.5) is 5.69 Å². The van der Waals surface area contributed by atoms with Crippen LogP contribution in [0.5, 0.6) is 0 Å². The molecule has 0 amide bonds. The molecule has 0 saturated carbocycles. The number of hydrogen-bond donors (Lipinski definition) is 1. The lowest BCUT2D eigenvalue weighted by atomic mass is 10.1. The Morgan fingerprint density at radius 1 is 1.39 bits per heavy atom. The van der Waals surface area contributed by atoms with Crippen LogP contribution in [0.3, 0.4) is 0 Å². The molecule has 0 aromatic heterocycles. The molecule has 0 bridgehead atoms. The number of nitrogens with zero attached hydrogens (tertiary/aromatic N) is 1. The minimum absolute atomic E-state index is 0.538. The molecule has 0 spiro atoms. The van der Waals surface area contributed by atoms with E-state index in [2.05, 4.69) is 74.1 Å². The van der Waals surface area contributed by atoms with Gasteiger partial charge in [-0.2, -0.15) is 0 Å². The van der Waals surface area contributed by atoms with E-state index in [9.17, 15) is 0 Å². The Morgan fingerprint density at radius 2 is 2.17 bits per heavy atom. The van der Waals surface area contributed by atoms with E-state index in [1.807, 2.05) is 0 Å². The first kappa shape index (κ1) is 14.4. The molecule has 1 heterocycles. The molecule has 1 saturated heterocycles. The number of nitrogens with one attached hydrogen (secondary N) is 1. The van der Waals surface area contributed by atoms with Gasteiger partial charge in [0.05, 0.1) is 5.69 Å². The number of benzene rings is 1. The average molecular weight is 376 g/mol. The molecule has 0 aliphatic carbocycles. The van der Waals surface area contributed by atoms with Crippen molar-refractivity contribution in [2.24, 2.45) is 0 Å². The van der Waals surface area contributed by atoms with Gasteiger partial charge in [0.15, 0.2) is 0 Å². The van der Waals surface area contributed by atoms with Crippen LogP contribution in [0.25, 0.3) is 0 Å². The fourth-order valence-corrected chi connectivity index (χ4v) is 3.80. The van der Waals surface area contributed by atoms with Crippen molar-refractivity contribution in [3.63, 3.8) is 0 Å². The molecule has 18 heavy (non-hydrogen) atoms. The molecule has 0 radical (unpaired) electrons. The van der Waals surface area contributed by atoms with Crippen LogP contribution in [-0.4, -0.2) is 25.2 Å². The van der Waals surface area contributed by atoms with E-state index in [1.165, 1.54) is 23.0 Å². The Balaban J connectivity index is 2.18. The third-order valence-corrected chi connectivity index (χ3v) is 4.64. The van der Waals surface area contributed by atoms with E-state index >= 15 is 0 Å². The topological polar surface area (TPSA) is 15.3 Å². The number of piperazine rings is 1. The van der Waals surface area contributed by atoms with Crippen molar-refractivity contribution in [3.8, 4) is 0 Å². The van der Waals surface area contributed by atoms with Crippen LogP contribution in [-0.2, 0) is 0 Å². The third kappa shape index (κ3) is 3.28. The monoisotopic (exact) mass is 374 g/mol. The molecule has 2 unspecified atom stereocenters. The molecule has 2 nitrogen and oxygen atoms in total. The molecule has 1 aliphatic rings. The lowest BCUT2D eigenvalue weighted by molar-refractivity contribution is 0.386. The molecular formula is C14H20Br2N2. The van der Waals surface area contributed by atoms with Gasteiger partial charge in [-0.25, -0.2) is 0 Å². The second-order valence-electron chi connectivity index (χ2n) is 4.99. The highest BCUT2D eigenvalue weighted by atomic mass is 79.9. The quantitative estimate of drug-likeness (QED) is 0.852. The van der Waals surface area contributed by atoms with E-state index in [1.54, 1.807) is 0 Å². The average Bonchev–Trinajstić information content (AvgIpc) is 2.33. The van der Waals surface area contributed by atoms with E-state index in [-0.39, 0.29) is 0 Å². The largest absolute Gasteiger partial charge is 0.365 e. The van der Waals surface area contributed by atoms with Crippen LogP contribution in [0.15, 0.2) is 27.1 Å². The number of rotatable bonds is 3. The summed E-state index contributed by atoms with van der Waals surface area (Å²) in [5.41, 5.74) is 1.30. The van der Waals surface area contributed by atoms with E-state index in [4.69, 9.17) is 0 Å². The summed E-state index contributed by atoms with van der Waals surface area (Å²) in [4.78, 5) is 2.51. The zero-order valence-electron chi connectivity index (χ0n) is 10.9. The lowest BCUT2D eigenvalue weighted by Gasteiger charge is -2.41. The Morgan fingerprint density at radius 3 is 2.83 bits per heavy atom. The SMILES string of the molecule is CCCC1CN(c2ccc(Br)cc2Br)C(C)CN1. The highest BCUT2D eigenvalue weighted by molar-refractivity contribution is 9.11. The lowest BCUT2D eigenvalue weighted by Crippen LogP contribution is -2.55. The van der Waals surface area contributed by atoms with Gasteiger partial charge in [-0.05, 0) is 47.5 Å². The fourth-order valence-electron chi connectivity index (χ4n) is 2.52. The van der Waals surface area contributed by atoms with Crippen LogP contribution in [0.1, 0.15) is 26.7 Å². The van der Waals surface area contributed by atoms with Gasteiger partial charge < -0.3 is 10.2 Å². The fraction of sp³-hybridized carbons (Fsp3) is 0.571. The highest BCUT2D eigenvalue weighted by Gasteiger charge is 2.25. The molecule has 1 aromatic carbocycles. The summed E-state index contributed by atoms with van der Waals surface area (Å²) in [6.07, 6.45) is 2.48. The summed E-state index contributed by atoms with van der Waals surface area (Å²) < 4.78 is 2.28. The zero-order chi connectivity index (χ0) is 13.1. The van der Waals surface area contributed by atoms with Gasteiger partial charge in [-0.3, -0.25) is 0 Å². The maximum Gasteiger partial charge on any atom is 0.0514 e. The molecule has 2 rings (SSSR count). The number of hydrogen-bond acceptors (Lipinski definition) is 2. The molecule has 1 fully saturated rings. The molecule has 100 valence electrons. The minimum Gasteiger partial charge on any atom is -0.365 e. The smallest absolute Gasteiger partial charge is 0.0514 e. The first-order chi connectivity index (χ1) is 8.61. The maximum absolute atomic E-state index is 3.68. The predicted octanol–water partition coefficient (Wildman–Crippen LogP) is 4.18. The van der Waals surface area contributed by atoms with Crippen molar-refractivity contribution < 1.29 is 0 Å². The third-order valence-electron chi connectivity index (χ3n) is 3.51. The Bertz CT molecular complexity index is 409. The summed E-state index contributed by atoms with van der Waals surface area (Å²) >= 11 is 7.19. The van der Waals surface area contributed by atoms with Gasteiger partial charge in [0.25, 0.3) is 0 Å². The van der Waals surface area contributed by atoms with Crippen molar-refractivity contribution >= 4 is 37.5 Å². The van der Waals surface area contributed by atoms with Gasteiger partial charge in [-0.1, -0.05) is 29.3 Å². The predicted molar refractivity (Wildman–Crippen MR) is 85.3 cm³/mol. The zero-order valence-corrected chi connectivity index (χ0v) is 14.1. The second-order valence-corrected chi connectivity index (χ2v) is 6.76.